The van der Waals surface area contributed by atoms with E-state index in [4.69, 9.17) is 5.11 Å². The monoisotopic (exact) mass is 296 g/mol. The van der Waals surface area contributed by atoms with Gasteiger partial charge in [-0.2, -0.15) is 0 Å². The molecule has 0 bridgehead atoms. The average Bonchev–Trinajstić information content (AvgIpc) is 2.45. The quantitative estimate of drug-likeness (QED) is 0.739. The van der Waals surface area contributed by atoms with E-state index in [0.29, 0.717) is 13.0 Å². The standard InChI is InChI=1S/C15H21FN2O3/c1-11(15(21)17-8-3-9-19)18(12(2)20)10-13-4-6-14(16)7-5-13/h4-7,11,19H,3,8-10H2,1-2H3,(H,17,21). The molecule has 0 saturated carbocycles. The van der Waals surface area contributed by atoms with Crippen molar-refractivity contribution in [2.45, 2.75) is 32.9 Å². The topological polar surface area (TPSA) is 69.6 Å². The molecule has 0 fully saturated rings. The van der Waals surface area contributed by atoms with Crippen LogP contribution in [-0.4, -0.2) is 41.0 Å². The summed E-state index contributed by atoms with van der Waals surface area (Å²) in [6.45, 7) is 3.63. The number of aliphatic hydroxyl groups excluding tert-OH is 1. The van der Waals surface area contributed by atoms with Gasteiger partial charge in [0, 0.05) is 26.6 Å². The molecule has 1 aromatic carbocycles. The van der Waals surface area contributed by atoms with Gasteiger partial charge in [-0.15, -0.1) is 0 Å². The van der Waals surface area contributed by atoms with Crippen LogP contribution in [0, 0.1) is 5.82 Å². The minimum absolute atomic E-state index is 0.000658. The number of rotatable bonds is 7. The van der Waals surface area contributed by atoms with E-state index < -0.39 is 6.04 Å². The molecule has 6 heteroatoms. The van der Waals surface area contributed by atoms with Crippen molar-refractivity contribution in [2.24, 2.45) is 0 Å². The lowest BCUT2D eigenvalue weighted by Gasteiger charge is -2.27. The second-order valence-electron chi connectivity index (χ2n) is 4.82. The second kappa shape index (κ2) is 8.36. The van der Waals surface area contributed by atoms with Gasteiger partial charge in [-0.05, 0) is 31.0 Å². The molecule has 21 heavy (non-hydrogen) atoms. The molecule has 0 aliphatic heterocycles. The first kappa shape index (κ1) is 17.1. The molecule has 0 aliphatic rings. The number of hydrogen-bond donors (Lipinski definition) is 2. The Kier molecular flexibility index (Phi) is 6.81. The van der Waals surface area contributed by atoms with Gasteiger partial charge in [0.1, 0.15) is 11.9 Å². The summed E-state index contributed by atoms with van der Waals surface area (Å²) in [6, 6.07) is 5.18. The average molecular weight is 296 g/mol. The van der Waals surface area contributed by atoms with E-state index in [0.717, 1.165) is 5.56 Å². The highest BCUT2D eigenvalue weighted by Crippen LogP contribution is 2.10. The van der Waals surface area contributed by atoms with Crippen LogP contribution < -0.4 is 5.32 Å². The third-order valence-electron chi connectivity index (χ3n) is 3.15. The van der Waals surface area contributed by atoms with E-state index in [1.807, 2.05) is 0 Å². The molecule has 1 unspecified atom stereocenters. The maximum Gasteiger partial charge on any atom is 0.242 e. The fraction of sp³-hybridized carbons (Fsp3) is 0.467. The Bertz CT molecular complexity index is 476. The van der Waals surface area contributed by atoms with Gasteiger partial charge in [-0.1, -0.05) is 12.1 Å². The Balaban J connectivity index is 2.69. The van der Waals surface area contributed by atoms with Crippen molar-refractivity contribution in [3.63, 3.8) is 0 Å². The van der Waals surface area contributed by atoms with Gasteiger partial charge < -0.3 is 15.3 Å². The van der Waals surface area contributed by atoms with Crippen LogP contribution in [0.1, 0.15) is 25.8 Å². The number of halogens is 1. The summed E-state index contributed by atoms with van der Waals surface area (Å²) in [5.41, 5.74) is 0.751. The van der Waals surface area contributed by atoms with Crippen molar-refractivity contribution >= 4 is 11.8 Å². The molecule has 0 aliphatic carbocycles. The number of hydrogen-bond acceptors (Lipinski definition) is 3. The Labute approximate surface area is 123 Å². The van der Waals surface area contributed by atoms with Crippen LogP contribution in [0.25, 0.3) is 0 Å². The van der Waals surface area contributed by atoms with Crippen LogP contribution in [0.3, 0.4) is 0 Å². The summed E-state index contributed by atoms with van der Waals surface area (Å²) in [6.07, 6.45) is 0.469. The first-order valence-corrected chi connectivity index (χ1v) is 6.86. The highest BCUT2D eigenvalue weighted by Gasteiger charge is 2.23. The van der Waals surface area contributed by atoms with Crippen molar-refractivity contribution in [1.29, 1.82) is 0 Å². The molecule has 1 rings (SSSR count). The van der Waals surface area contributed by atoms with Gasteiger partial charge in [-0.25, -0.2) is 4.39 Å². The Morgan fingerprint density at radius 1 is 1.33 bits per heavy atom. The van der Waals surface area contributed by atoms with Crippen LogP contribution in [-0.2, 0) is 16.1 Å². The van der Waals surface area contributed by atoms with Gasteiger partial charge in [0.15, 0.2) is 0 Å². The van der Waals surface area contributed by atoms with Crippen molar-refractivity contribution < 1.29 is 19.1 Å². The fourth-order valence-corrected chi connectivity index (χ4v) is 1.89. The molecule has 0 heterocycles. The first-order valence-electron chi connectivity index (χ1n) is 6.86. The number of carbonyl (C=O) groups is 2. The van der Waals surface area contributed by atoms with Crippen LogP contribution in [0.4, 0.5) is 4.39 Å². The fourth-order valence-electron chi connectivity index (χ4n) is 1.89. The lowest BCUT2D eigenvalue weighted by atomic mass is 10.1. The molecule has 2 amide bonds. The van der Waals surface area contributed by atoms with Crippen LogP contribution in [0.2, 0.25) is 0 Å². The predicted octanol–water partition coefficient (Wildman–Crippen LogP) is 1.06. The highest BCUT2D eigenvalue weighted by atomic mass is 19.1. The zero-order chi connectivity index (χ0) is 15.8. The molecule has 5 nitrogen and oxygen atoms in total. The van der Waals surface area contributed by atoms with Crippen molar-refractivity contribution in [2.75, 3.05) is 13.2 Å². The summed E-state index contributed by atoms with van der Waals surface area (Å²) >= 11 is 0. The van der Waals surface area contributed by atoms with E-state index in [9.17, 15) is 14.0 Å². The van der Waals surface area contributed by atoms with E-state index >= 15 is 0 Å². The Morgan fingerprint density at radius 2 is 1.95 bits per heavy atom. The number of nitrogens with zero attached hydrogens (tertiary/aromatic N) is 1. The molecule has 0 saturated heterocycles. The van der Waals surface area contributed by atoms with Gasteiger partial charge in [0.05, 0.1) is 0 Å². The maximum absolute atomic E-state index is 12.9. The van der Waals surface area contributed by atoms with Crippen molar-refractivity contribution in [1.82, 2.24) is 10.2 Å². The molecule has 2 N–H and O–H groups in total. The third kappa shape index (κ3) is 5.51. The SMILES string of the molecule is CC(=O)N(Cc1ccc(F)cc1)C(C)C(=O)NCCCO. The van der Waals surface area contributed by atoms with Crippen LogP contribution >= 0.6 is 0 Å². The van der Waals surface area contributed by atoms with Gasteiger partial charge >= 0.3 is 0 Å². The Morgan fingerprint density at radius 3 is 2.48 bits per heavy atom. The summed E-state index contributed by atoms with van der Waals surface area (Å²) < 4.78 is 12.9. The molecule has 0 spiro atoms. The van der Waals surface area contributed by atoms with Gasteiger partial charge in [0.25, 0.3) is 0 Å². The lowest BCUT2D eigenvalue weighted by Crippen LogP contribution is -2.47. The maximum atomic E-state index is 12.9. The van der Waals surface area contributed by atoms with Gasteiger partial charge in [0.2, 0.25) is 11.8 Å². The summed E-state index contributed by atoms with van der Waals surface area (Å²) in [5, 5.41) is 11.3. The number of carbonyl (C=O) groups excluding carboxylic acids is 2. The predicted molar refractivity (Wildman–Crippen MR) is 76.8 cm³/mol. The molecular formula is C15H21FN2O3. The highest BCUT2D eigenvalue weighted by molar-refractivity contribution is 5.86. The minimum Gasteiger partial charge on any atom is -0.396 e. The number of aliphatic hydroxyl groups is 1. The zero-order valence-electron chi connectivity index (χ0n) is 12.3. The lowest BCUT2D eigenvalue weighted by molar-refractivity contribution is -0.139. The van der Waals surface area contributed by atoms with E-state index in [-0.39, 0.29) is 30.8 Å². The number of nitrogens with one attached hydrogen (secondary N) is 1. The first-order chi connectivity index (χ1) is 9.95. The molecule has 1 aromatic rings. The van der Waals surface area contributed by atoms with Crippen molar-refractivity contribution in [3.05, 3.63) is 35.6 Å². The molecule has 0 aromatic heterocycles. The summed E-state index contributed by atoms with van der Waals surface area (Å²) in [7, 11) is 0. The van der Waals surface area contributed by atoms with E-state index in [1.54, 1.807) is 19.1 Å². The second-order valence-corrected chi connectivity index (χ2v) is 4.82. The van der Waals surface area contributed by atoms with Gasteiger partial charge in [-0.3, -0.25) is 9.59 Å². The van der Waals surface area contributed by atoms with E-state index in [1.165, 1.54) is 24.0 Å². The number of benzene rings is 1. The molecule has 116 valence electrons. The molecular weight excluding hydrogens is 275 g/mol. The zero-order valence-corrected chi connectivity index (χ0v) is 12.3. The number of amides is 2. The third-order valence-corrected chi connectivity index (χ3v) is 3.15. The summed E-state index contributed by atoms with van der Waals surface area (Å²) in [5.74, 6) is -0.854. The summed E-state index contributed by atoms with van der Waals surface area (Å²) in [4.78, 5) is 25.1. The van der Waals surface area contributed by atoms with Crippen molar-refractivity contribution in [3.8, 4) is 0 Å². The largest absolute Gasteiger partial charge is 0.396 e. The van der Waals surface area contributed by atoms with E-state index in [2.05, 4.69) is 5.32 Å². The molecule has 0 radical (unpaired) electrons. The van der Waals surface area contributed by atoms with Crippen LogP contribution in [0.15, 0.2) is 24.3 Å². The normalized spacial score (nSPS) is 11.8. The van der Waals surface area contributed by atoms with Crippen LogP contribution in [0.5, 0.6) is 0 Å². The Hall–Kier alpha value is -1.95. The molecule has 1 atom stereocenters. The minimum atomic E-state index is -0.633. The smallest absolute Gasteiger partial charge is 0.242 e.